The maximum atomic E-state index is 12.0. The fraction of sp³-hybridized carbons (Fsp3) is 0.471. The summed E-state index contributed by atoms with van der Waals surface area (Å²) < 4.78 is 9.88. The van der Waals surface area contributed by atoms with Crippen LogP contribution in [0.1, 0.15) is 36.7 Å². The molecule has 0 unspecified atom stereocenters. The van der Waals surface area contributed by atoms with Crippen LogP contribution >= 0.6 is 0 Å². The largest absolute Gasteiger partial charge is 0.465 e. The molecule has 24 heavy (non-hydrogen) atoms. The van der Waals surface area contributed by atoms with E-state index in [9.17, 15) is 14.4 Å². The molecule has 1 aromatic carbocycles. The van der Waals surface area contributed by atoms with Crippen LogP contribution in [0.4, 0.5) is 4.79 Å². The first-order chi connectivity index (χ1) is 11.2. The van der Waals surface area contributed by atoms with Gasteiger partial charge in [-0.05, 0) is 38.5 Å². The highest BCUT2D eigenvalue weighted by Crippen LogP contribution is 2.11. The van der Waals surface area contributed by atoms with Gasteiger partial charge in [0.2, 0.25) is 0 Å². The van der Waals surface area contributed by atoms with Crippen LogP contribution in [0.2, 0.25) is 0 Å². The first-order valence-corrected chi connectivity index (χ1v) is 7.52. The number of esters is 2. The molecule has 0 aromatic heterocycles. The minimum atomic E-state index is -0.617. The molecule has 7 nitrogen and oxygen atoms in total. The lowest BCUT2D eigenvalue weighted by atomic mass is 10.1. The number of hydrogen-bond acceptors (Lipinski definition) is 5. The monoisotopic (exact) mass is 336 g/mol. The summed E-state index contributed by atoms with van der Waals surface area (Å²) in [7, 11) is 2.80. The Morgan fingerprint density at radius 1 is 1.12 bits per heavy atom. The Hall–Kier alpha value is -2.57. The highest BCUT2D eigenvalue weighted by molar-refractivity contribution is 5.89. The minimum absolute atomic E-state index is 0.171. The van der Waals surface area contributed by atoms with Crippen LogP contribution < -0.4 is 5.32 Å². The van der Waals surface area contributed by atoms with E-state index < -0.39 is 23.6 Å². The standard InChI is InChI=1S/C17H24N2O5/c1-17(2,3)24-14(20)11-19(16(22)18-4)10-12-6-8-13(9-7-12)15(21)23-5/h6-9H,10-11H2,1-5H3,(H,18,22). The Morgan fingerprint density at radius 3 is 2.17 bits per heavy atom. The molecule has 2 amide bonds. The predicted octanol–water partition coefficient (Wildman–Crippen LogP) is 1.96. The molecule has 0 bridgehead atoms. The highest BCUT2D eigenvalue weighted by Gasteiger charge is 2.22. The van der Waals surface area contributed by atoms with E-state index in [0.717, 1.165) is 5.56 Å². The molecule has 0 fully saturated rings. The zero-order chi connectivity index (χ0) is 18.3. The van der Waals surface area contributed by atoms with Crippen molar-refractivity contribution in [3.63, 3.8) is 0 Å². The van der Waals surface area contributed by atoms with Crippen LogP contribution in [0.15, 0.2) is 24.3 Å². The van der Waals surface area contributed by atoms with Crippen LogP contribution in [-0.4, -0.2) is 49.2 Å². The first-order valence-electron chi connectivity index (χ1n) is 7.52. The van der Waals surface area contributed by atoms with Gasteiger partial charge < -0.3 is 19.7 Å². The zero-order valence-corrected chi connectivity index (χ0v) is 14.7. The molecule has 0 saturated heterocycles. The van der Waals surface area contributed by atoms with E-state index >= 15 is 0 Å². The van der Waals surface area contributed by atoms with Crippen molar-refractivity contribution in [3.8, 4) is 0 Å². The van der Waals surface area contributed by atoms with Crippen molar-refractivity contribution in [3.05, 3.63) is 35.4 Å². The topological polar surface area (TPSA) is 84.9 Å². The van der Waals surface area contributed by atoms with Gasteiger partial charge in [-0.25, -0.2) is 9.59 Å². The van der Waals surface area contributed by atoms with Gasteiger partial charge >= 0.3 is 18.0 Å². The lowest BCUT2D eigenvalue weighted by Gasteiger charge is -2.25. The second-order valence-electron chi connectivity index (χ2n) is 6.19. The van der Waals surface area contributed by atoms with Crippen molar-refractivity contribution in [2.24, 2.45) is 0 Å². The summed E-state index contributed by atoms with van der Waals surface area (Å²) in [5, 5.41) is 2.50. The highest BCUT2D eigenvalue weighted by atomic mass is 16.6. The fourth-order valence-corrected chi connectivity index (χ4v) is 1.97. The molecule has 1 aromatic rings. The molecule has 0 spiro atoms. The van der Waals surface area contributed by atoms with Crippen LogP contribution in [-0.2, 0) is 20.8 Å². The van der Waals surface area contributed by atoms with Crippen LogP contribution in [0.3, 0.4) is 0 Å². The summed E-state index contributed by atoms with van der Waals surface area (Å²) in [5.41, 5.74) is 0.572. The van der Waals surface area contributed by atoms with Crippen LogP contribution in [0.5, 0.6) is 0 Å². The molecular weight excluding hydrogens is 312 g/mol. The lowest BCUT2D eigenvalue weighted by Crippen LogP contribution is -2.42. The van der Waals surface area contributed by atoms with E-state index in [1.165, 1.54) is 19.1 Å². The van der Waals surface area contributed by atoms with Crippen molar-refractivity contribution in [2.45, 2.75) is 32.9 Å². The molecule has 1 N–H and O–H groups in total. The smallest absolute Gasteiger partial charge is 0.337 e. The molecule has 0 aliphatic carbocycles. The van der Waals surface area contributed by atoms with Crippen molar-refractivity contribution in [2.75, 3.05) is 20.7 Å². The van der Waals surface area contributed by atoms with Gasteiger partial charge in [0.15, 0.2) is 0 Å². The van der Waals surface area contributed by atoms with Crippen molar-refractivity contribution < 1.29 is 23.9 Å². The molecule has 0 radical (unpaired) electrons. The van der Waals surface area contributed by atoms with E-state index in [0.29, 0.717) is 5.56 Å². The van der Waals surface area contributed by atoms with E-state index in [4.69, 9.17) is 4.74 Å². The number of amides is 2. The number of nitrogens with zero attached hydrogens (tertiary/aromatic N) is 1. The summed E-state index contributed by atoms with van der Waals surface area (Å²) in [6, 6.07) is 6.24. The Morgan fingerprint density at radius 2 is 1.71 bits per heavy atom. The summed E-state index contributed by atoms with van der Waals surface area (Å²) in [4.78, 5) is 36.7. The second-order valence-corrected chi connectivity index (χ2v) is 6.19. The molecule has 0 aliphatic heterocycles. The number of hydrogen-bond donors (Lipinski definition) is 1. The van der Waals surface area contributed by atoms with E-state index in [1.54, 1.807) is 45.0 Å². The molecule has 1 rings (SSSR count). The summed E-state index contributed by atoms with van der Waals surface area (Å²) in [6.45, 7) is 5.33. The first kappa shape index (κ1) is 19.5. The Bertz CT molecular complexity index is 590. The Kier molecular flexibility index (Phi) is 6.76. The summed E-state index contributed by atoms with van der Waals surface area (Å²) in [6.07, 6.45) is 0. The van der Waals surface area contributed by atoms with E-state index in [1.807, 2.05) is 0 Å². The van der Waals surface area contributed by atoms with Gasteiger partial charge in [0.1, 0.15) is 12.1 Å². The normalized spacial score (nSPS) is 10.7. The van der Waals surface area contributed by atoms with Crippen LogP contribution in [0.25, 0.3) is 0 Å². The fourth-order valence-electron chi connectivity index (χ4n) is 1.97. The lowest BCUT2D eigenvalue weighted by molar-refractivity contribution is -0.155. The number of urea groups is 1. The van der Waals surface area contributed by atoms with Gasteiger partial charge in [-0.15, -0.1) is 0 Å². The quantitative estimate of drug-likeness (QED) is 0.831. The summed E-state index contributed by atoms with van der Waals surface area (Å²) >= 11 is 0. The van der Waals surface area contributed by atoms with Crippen molar-refractivity contribution >= 4 is 18.0 Å². The minimum Gasteiger partial charge on any atom is -0.465 e. The van der Waals surface area contributed by atoms with Crippen molar-refractivity contribution in [1.82, 2.24) is 10.2 Å². The molecule has 0 heterocycles. The Balaban J connectivity index is 2.81. The SMILES string of the molecule is CNC(=O)N(CC(=O)OC(C)(C)C)Cc1ccc(C(=O)OC)cc1. The molecular formula is C17H24N2O5. The number of nitrogens with one attached hydrogen (secondary N) is 1. The summed E-state index contributed by atoms with van der Waals surface area (Å²) in [5.74, 6) is -0.921. The number of ether oxygens (including phenoxy) is 2. The van der Waals surface area contributed by atoms with E-state index in [-0.39, 0.29) is 13.1 Å². The zero-order valence-electron chi connectivity index (χ0n) is 14.7. The predicted molar refractivity (Wildman–Crippen MR) is 88.5 cm³/mol. The van der Waals surface area contributed by atoms with Gasteiger partial charge in [-0.2, -0.15) is 0 Å². The number of benzene rings is 1. The number of methoxy groups -OCH3 is 1. The molecule has 0 aliphatic rings. The molecule has 0 saturated carbocycles. The van der Waals surface area contributed by atoms with E-state index in [2.05, 4.69) is 10.1 Å². The van der Waals surface area contributed by atoms with Gasteiger partial charge in [-0.3, -0.25) is 4.79 Å². The average Bonchev–Trinajstić information content (AvgIpc) is 2.51. The second kappa shape index (κ2) is 8.33. The number of carbonyl (C=O) groups is 3. The average molecular weight is 336 g/mol. The third-order valence-corrected chi connectivity index (χ3v) is 2.99. The number of carbonyl (C=O) groups excluding carboxylic acids is 3. The van der Waals surface area contributed by atoms with Gasteiger partial charge in [0.05, 0.1) is 12.7 Å². The maximum Gasteiger partial charge on any atom is 0.337 e. The third kappa shape index (κ3) is 6.28. The van der Waals surface area contributed by atoms with Crippen molar-refractivity contribution in [1.29, 1.82) is 0 Å². The third-order valence-electron chi connectivity index (χ3n) is 2.99. The van der Waals surface area contributed by atoms with Gasteiger partial charge in [-0.1, -0.05) is 12.1 Å². The van der Waals surface area contributed by atoms with Gasteiger partial charge in [0, 0.05) is 13.6 Å². The molecule has 132 valence electrons. The van der Waals surface area contributed by atoms with Crippen LogP contribution in [0, 0.1) is 0 Å². The van der Waals surface area contributed by atoms with Gasteiger partial charge in [0.25, 0.3) is 0 Å². The number of rotatable bonds is 5. The Labute approximate surface area is 141 Å². The molecule has 7 heteroatoms. The maximum absolute atomic E-state index is 12.0. The molecule has 0 atom stereocenters.